The van der Waals surface area contributed by atoms with Crippen LogP contribution in [0.1, 0.15) is 29.5 Å². The zero-order valence-electron chi connectivity index (χ0n) is 15.8. The molecule has 4 N–H and O–H groups in total. The summed E-state index contributed by atoms with van der Waals surface area (Å²) in [5.41, 5.74) is 9.30. The van der Waals surface area contributed by atoms with Gasteiger partial charge in [0.15, 0.2) is 0 Å². The predicted molar refractivity (Wildman–Crippen MR) is 107 cm³/mol. The van der Waals surface area contributed by atoms with E-state index < -0.39 is 7.12 Å². The number of nitrogens with zero attached hydrogens (tertiary/aromatic N) is 1. The molecule has 0 unspecified atom stereocenters. The van der Waals surface area contributed by atoms with Crippen molar-refractivity contribution in [3.8, 4) is 5.75 Å². The Morgan fingerprint density at radius 2 is 1.93 bits per heavy atom. The molecule has 2 aromatic carbocycles. The monoisotopic (exact) mass is 380 g/mol. The van der Waals surface area contributed by atoms with E-state index in [1.165, 1.54) is 5.56 Å². The van der Waals surface area contributed by atoms with Crippen molar-refractivity contribution in [2.24, 2.45) is 5.73 Å². The number of piperidine rings is 1. The summed E-state index contributed by atoms with van der Waals surface area (Å²) < 4.78 is 5.93. The van der Waals surface area contributed by atoms with Gasteiger partial charge in [0.25, 0.3) is 0 Å². The van der Waals surface area contributed by atoms with Gasteiger partial charge in [0.05, 0.1) is 13.0 Å². The minimum Gasteiger partial charge on any atom is -0.492 e. The Balaban J connectivity index is 1.43. The lowest BCUT2D eigenvalue weighted by Gasteiger charge is -2.38. The standard InChI is InChI=1S/C21H25BN2O4/c23-13-16-4-5-19-18(11-16)21(14-28-19)6-8-24(9-7-21)20(25)12-15-2-1-3-17(10-15)22(26)27/h1-5,10-11,26-27H,6-9,12-14,23H2. The summed E-state index contributed by atoms with van der Waals surface area (Å²) in [7, 11) is -1.52. The van der Waals surface area contributed by atoms with E-state index in [2.05, 4.69) is 6.07 Å². The number of carbonyl (C=O) groups is 1. The van der Waals surface area contributed by atoms with Crippen LogP contribution in [0, 0.1) is 0 Å². The Kier molecular flexibility index (Phi) is 5.14. The topological polar surface area (TPSA) is 96.0 Å². The van der Waals surface area contributed by atoms with Gasteiger partial charge in [0.1, 0.15) is 5.75 Å². The van der Waals surface area contributed by atoms with E-state index >= 15 is 0 Å². The number of hydrogen-bond donors (Lipinski definition) is 3. The van der Waals surface area contributed by atoms with Gasteiger partial charge in [0.2, 0.25) is 5.91 Å². The second-order valence-corrected chi connectivity index (χ2v) is 7.78. The van der Waals surface area contributed by atoms with Crippen LogP contribution in [-0.2, 0) is 23.2 Å². The molecule has 2 aliphatic rings. The maximum atomic E-state index is 12.8. The van der Waals surface area contributed by atoms with Crippen LogP contribution in [0.4, 0.5) is 0 Å². The maximum absolute atomic E-state index is 12.8. The molecule has 0 aromatic heterocycles. The van der Waals surface area contributed by atoms with E-state index in [9.17, 15) is 14.8 Å². The van der Waals surface area contributed by atoms with Crippen LogP contribution in [0.5, 0.6) is 5.75 Å². The van der Waals surface area contributed by atoms with Gasteiger partial charge in [-0.2, -0.15) is 0 Å². The first-order valence-electron chi connectivity index (χ1n) is 9.70. The third-order valence-electron chi connectivity index (χ3n) is 6.03. The summed E-state index contributed by atoms with van der Waals surface area (Å²) in [5.74, 6) is 1.01. The van der Waals surface area contributed by atoms with Gasteiger partial charge in [0, 0.05) is 30.6 Å². The molecular formula is C21H25BN2O4. The Morgan fingerprint density at radius 3 is 2.64 bits per heavy atom. The van der Waals surface area contributed by atoms with E-state index in [0.717, 1.165) is 29.7 Å². The second-order valence-electron chi connectivity index (χ2n) is 7.78. The number of benzene rings is 2. The van der Waals surface area contributed by atoms with Crippen molar-refractivity contribution in [1.29, 1.82) is 0 Å². The fourth-order valence-corrected chi connectivity index (χ4v) is 4.29. The predicted octanol–water partition coefficient (Wildman–Crippen LogP) is 0.320. The highest BCUT2D eigenvalue weighted by atomic mass is 16.5. The molecule has 146 valence electrons. The fourth-order valence-electron chi connectivity index (χ4n) is 4.29. The van der Waals surface area contributed by atoms with Crippen LogP contribution in [0.15, 0.2) is 42.5 Å². The molecule has 1 fully saturated rings. The summed E-state index contributed by atoms with van der Waals surface area (Å²) in [4.78, 5) is 14.7. The van der Waals surface area contributed by atoms with Gasteiger partial charge in [-0.05, 0) is 35.5 Å². The number of ether oxygens (including phenoxy) is 1. The Bertz CT molecular complexity index is 878. The summed E-state index contributed by atoms with van der Waals surface area (Å²) in [5, 5.41) is 18.6. The lowest BCUT2D eigenvalue weighted by molar-refractivity contribution is -0.132. The number of hydrogen-bond acceptors (Lipinski definition) is 5. The first-order valence-corrected chi connectivity index (χ1v) is 9.70. The van der Waals surface area contributed by atoms with Crippen molar-refractivity contribution in [1.82, 2.24) is 4.90 Å². The van der Waals surface area contributed by atoms with Crippen LogP contribution in [-0.4, -0.2) is 47.7 Å². The quantitative estimate of drug-likeness (QED) is 0.664. The number of carbonyl (C=O) groups excluding carboxylic acids is 1. The van der Waals surface area contributed by atoms with E-state index in [1.54, 1.807) is 18.2 Å². The average molecular weight is 380 g/mol. The van der Waals surface area contributed by atoms with Crippen molar-refractivity contribution >= 4 is 18.5 Å². The third kappa shape index (κ3) is 3.53. The van der Waals surface area contributed by atoms with E-state index in [0.29, 0.717) is 31.7 Å². The molecule has 0 bridgehead atoms. The number of amides is 1. The molecule has 0 saturated carbocycles. The summed E-state index contributed by atoms with van der Waals surface area (Å²) in [6, 6.07) is 13.1. The van der Waals surface area contributed by atoms with E-state index in [1.807, 2.05) is 23.1 Å². The first-order chi connectivity index (χ1) is 13.5. The molecule has 1 amide bonds. The highest BCUT2D eigenvalue weighted by Crippen LogP contribution is 2.45. The zero-order chi connectivity index (χ0) is 19.7. The molecule has 0 radical (unpaired) electrons. The maximum Gasteiger partial charge on any atom is 0.488 e. The minimum atomic E-state index is -1.52. The molecule has 1 saturated heterocycles. The van der Waals surface area contributed by atoms with Crippen molar-refractivity contribution in [2.45, 2.75) is 31.2 Å². The SMILES string of the molecule is NCc1ccc2c(c1)C1(CCN(C(=O)Cc3cccc(B(O)O)c3)CC1)CO2. The summed E-state index contributed by atoms with van der Waals surface area (Å²) >= 11 is 0. The first kappa shape index (κ1) is 19.0. The van der Waals surface area contributed by atoms with Gasteiger partial charge in [-0.15, -0.1) is 0 Å². The van der Waals surface area contributed by atoms with Gasteiger partial charge < -0.3 is 25.4 Å². The van der Waals surface area contributed by atoms with E-state index in [4.69, 9.17) is 10.5 Å². The van der Waals surface area contributed by atoms with Gasteiger partial charge in [-0.25, -0.2) is 0 Å². The molecule has 2 heterocycles. The van der Waals surface area contributed by atoms with Crippen molar-refractivity contribution < 1.29 is 19.6 Å². The zero-order valence-corrected chi connectivity index (χ0v) is 15.8. The fraction of sp³-hybridized carbons (Fsp3) is 0.381. The number of fused-ring (bicyclic) bond motifs is 2. The number of rotatable bonds is 4. The molecular weight excluding hydrogens is 355 g/mol. The third-order valence-corrected chi connectivity index (χ3v) is 6.03. The highest BCUT2D eigenvalue weighted by Gasteiger charge is 2.43. The van der Waals surface area contributed by atoms with Crippen molar-refractivity contribution in [3.05, 3.63) is 59.2 Å². The normalized spacial score (nSPS) is 17.3. The molecule has 2 aliphatic heterocycles. The molecule has 4 rings (SSSR count). The average Bonchev–Trinajstić information content (AvgIpc) is 3.06. The lowest BCUT2D eigenvalue weighted by atomic mass is 9.74. The van der Waals surface area contributed by atoms with Crippen molar-refractivity contribution in [2.75, 3.05) is 19.7 Å². The largest absolute Gasteiger partial charge is 0.492 e. The molecule has 7 heteroatoms. The van der Waals surface area contributed by atoms with Gasteiger partial charge in [-0.1, -0.05) is 36.4 Å². The van der Waals surface area contributed by atoms with E-state index in [-0.39, 0.29) is 17.7 Å². The van der Waals surface area contributed by atoms with Crippen LogP contribution >= 0.6 is 0 Å². The molecule has 2 aromatic rings. The van der Waals surface area contributed by atoms with Crippen molar-refractivity contribution in [3.63, 3.8) is 0 Å². The number of likely N-dealkylation sites (tertiary alicyclic amines) is 1. The van der Waals surface area contributed by atoms with Crippen LogP contribution in [0.2, 0.25) is 0 Å². The van der Waals surface area contributed by atoms with Gasteiger partial charge >= 0.3 is 7.12 Å². The molecule has 0 atom stereocenters. The summed E-state index contributed by atoms with van der Waals surface area (Å²) in [6.07, 6.45) is 2.00. The smallest absolute Gasteiger partial charge is 0.488 e. The number of nitrogens with two attached hydrogens (primary N) is 1. The molecule has 0 aliphatic carbocycles. The second kappa shape index (κ2) is 7.58. The Morgan fingerprint density at radius 1 is 1.14 bits per heavy atom. The van der Waals surface area contributed by atoms with Crippen LogP contribution in [0.25, 0.3) is 0 Å². The highest BCUT2D eigenvalue weighted by molar-refractivity contribution is 6.58. The van der Waals surface area contributed by atoms with Crippen LogP contribution in [0.3, 0.4) is 0 Å². The molecule has 28 heavy (non-hydrogen) atoms. The Hall–Kier alpha value is -2.35. The minimum absolute atomic E-state index is 0.0296. The summed E-state index contributed by atoms with van der Waals surface area (Å²) in [6.45, 7) is 2.55. The van der Waals surface area contributed by atoms with Crippen LogP contribution < -0.4 is 15.9 Å². The molecule has 1 spiro atoms. The van der Waals surface area contributed by atoms with Gasteiger partial charge in [-0.3, -0.25) is 4.79 Å². The molecule has 6 nitrogen and oxygen atoms in total. The Labute approximate surface area is 165 Å². The lowest BCUT2D eigenvalue weighted by Crippen LogP contribution is -2.46.